The monoisotopic (exact) mass is 355 g/mol. The number of benzene rings is 2. The molecule has 0 saturated carbocycles. The van der Waals surface area contributed by atoms with Gasteiger partial charge in [-0.15, -0.1) is 0 Å². The maximum absolute atomic E-state index is 13.7. The van der Waals surface area contributed by atoms with Crippen LogP contribution in [0.2, 0.25) is 0 Å². The van der Waals surface area contributed by atoms with E-state index in [1.165, 1.54) is 22.9 Å². The summed E-state index contributed by atoms with van der Waals surface area (Å²) in [5, 5.41) is 10.3. The average Bonchev–Trinajstić information content (AvgIpc) is 2.62. The van der Waals surface area contributed by atoms with Crippen molar-refractivity contribution in [3.05, 3.63) is 71.5 Å². The van der Waals surface area contributed by atoms with E-state index < -0.39 is 6.10 Å². The maximum atomic E-state index is 13.7. The maximum Gasteiger partial charge on any atom is 0.126 e. The fourth-order valence-corrected chi connectivity index (χ4v) is 3.69. The van der Waals surface area contributed by atoms with Gasteiger partial charge in [-0.25, -0.2) is 4.39 Å². The Bertz CT molecular complexity index is 706. The Morgan fingerprint density at radius 3 is 2.42 bits per heavy atom. The molecule has 1 fully saturated rings. The molecule has 4 heteroatoms. The lowest BCUT2D eigenvalue weighted by Gasteiger charge is -2.37. The molecule has 1 aliphatic heterocycles. The summed E-state index contributed by atoms with van der Waals surface area (Å²) in [6, 6.07) is 13.2. The predicted molar refractivity (Wildman–Crippen MR) is 105 cm³/mol. The molecule has 0 spiro atoms. The number of aliphatic hydroxyl groups excluding tert-OH is 1. The Labute approximate surface area is 156 Å². The van der Waals surface area contributed by atoms with Gasteiger partial charge < -0.3 is 10.0 Å². The fraction of sp³-hybridized carbons (Fsp3) is 0.409. The van der Waals surface area contributed by atoms with Crippen molar-refractivity contribution in [2.75, 3.05) is 31.1 Å². The second-order valence-electron chi connectivity index (χ2n) is 7.16. The summed E-state index contributed by atoms with van der Waals surface area (Å²) < 4.78 is 13.7. The molecule has 2 aromatic carbocycles. The van der Waals surface area contributed by atoms with E-state index in [2.05, 4.69) is 48.4 Å². The third-order valence-corrected chi connectivity index (χ3v) is 5.12. The van der Waals surface area contributed by atoms with Crippen LogP contribution in [0.4, 0.5) is 10.1 Å². The molecule has 3 rings (SSSR count). The Kier molecular flexibility index (Phi) is 6.28. The second kappa shape index (κ2) is 8.65. The summed E-state index contributed by atoms with van der Waals surface area (Å²) in [6.07, 6.45) is 0.715. The molecule has 1 N–H and O–H groups in total. The summed E-state index contributed by atoms with van der Waals surface area (Å²) >= 11 is 0. The topological polar surface area (TPSA) is 26.7 Å². The zero-order valence-corrected chi connectivity index (χ0v) is 15.7. The van der Waals surface area contributed by atoms with Crippen LogP contribution in [0.3, 0.4) is 0 Å². The fourth-order valence-electron chi connectivity index (χ4n) is 3.69. The van der Waals surface area contributed by atoms with Crippen LogP contribution < -0.4 is 4.90 Å². The molecule has 26 heavy (non-hydrogen) atoms. The summed E-state index contributed by atoms with van der Waals surface area (Å²) in [4.78, 5) is 4.59. The van der Waals surface area contributed by atoms with E-state index in [1.54, 1.807) is 12.1 Å². The van der Waals surface area contributed by atoms with Gasteiger partial charge in [-0.2, -0.15) is 0 Å². The molecule has 1 atom stereocenters. The first-order valence-corrected chi connectivity index (χ1v) is 9.34. The quantitative estimate of drug-likeness (QED) is 0.855. The van der Waals surface area contributed by atoms with Crippen molar-refractivity contribution in [1.82, 2.24) is 4.90 Å². The average molecular weight is 355 g/mol. The number of hydrogen-bond acceptors (Lipinski definition) is 3. The molecule has 0 bridgehead atoms. The number of aryl methyl sites for hydroxylation is 3. The number of rotatable bonds is 6. The number of anilines is 1. The molecule has 3 nitrogen and oxygen atoms in total. The van der Waals surface area contributed by atoms with Gasteiger partial charge in [-0.05, 0) is 49.4 Å². The van der Waals surface area contributed by atoms with Gasteiger partial charge in [-0.1, -0.05) is 36.4 Å². The number of para-hydroxylation sites is 1. The van der Waals surface area contributed by atoms with E-state index in [0.717, 1.165) is 19.6 Å². The molecule has 1 radical (unpaired) electrons. The molecule has 0 aromatic heterocycles. The van der Waals surface area contributed by atoms with Crippen molar-refractivity contribution in [1.29, 1.82) is 0 Å². The van der Waals surface area contributed by atoms with E-state index in [1.807, 2.05) is 6.07 Å². The van der Waals surface area contributed by atoms with Gasteiger partial charge in [0, 0.05) is 31.9 Å². The number of halogens is 1. The summed E-state index contributed by atoms with van der Waals surface area (Å²) in [5.41, 5.74) is 4.56. The van der Waals surface area contributed by atoms with Crippen molar-refractivity contribution in [3.8, 4) is 0 Å². The minimum Gasteiger partial charge on any atom is -0.392 e. The van der Waals surface area contributed by atoms with Crippen LogP contribution in [0.25, 0.3) is 0 Å². The molecular weight excluding hydrogens is 327 g/mol. The van der Waals surface area contributed by atoms with Gasteiger partial charge in [0.15, 0.2) is 0 Å². The molecular formula is C22H28FN2O. The van der Waals surface area contributed by atoms with Gasteiger partial charge in [0.2, 0.25) is 0 Å². The number of β-amino-alcohol motifs (C(OH)–C–C–N with tert-alkyl or cyclic N) is 1. The van der Waals surface area contributed by atoms with E-state index in [0.29, 0.717) is 24.9 Å². The Balaban J connectivity index is 1.47. The standard InChI is InChI=1S/C22H28FN2O/c1-17-6-5-7-18(2)22(17)25-14-12-24(13-15-25)16-20(26)11-10-19-8-3-4-9-21(19)23/h3-9,14,20,26H,10-13,15-16H2,1-2H3. The van der Waals surface area contributed by atoms with Crippen molar-refractivity contribution in [3.63, 3.8) is 0 Å². The Morgan fingerprint density at radius 2 is 1.77 bits per heavy atom. The Morgan fingerprint density at radius 1 is 1.04 bits per heavy atom. The minimum atomic E-state index is -0.435. The van der Waals surface area contributed by atoms with Crippen molar-refractivity contribution >= 4 is 5.69 Å². The van der Waals surface area contributed by atoms with Crippen LogP contribution in [0, 0.1) is 26.2 Å². The van der Waals surface area contributed by atoms with E-state index in [9.17, 15) is 9.50 Å². The van der Waals surface area contributed by atoms with Gasteiger partial charge in [-0.3, -0.25) is 4.90 Å². The first-order valence-electron chi connectivity index (χ1n) is 9.34. The largest absolute Gasteiger partial charge is 0.392 e. The Hall–Kier alpha value is -1.91. The molecule has 0 amide bonds. The zero-order chi connectivity index (χ0) is 18.5. The summed E-state index contributed by atoms with van der Waals surface area (Å²) in [5.74, 6) is -0.185. The van der Waals surface area contributed by atoms with Crippen molar-refractivity contribution in [2.45, 2.75) is 32.8 Å². The number of aliphatic hydroxyl groups is 1. The van der Waals surface area contributed by atoms with Gasteiger partial charge in [0.1, 0.15) is 5.82 Å². The molecule has 1 unspecified atom stereocenters. The number of hydrogen-bond donors (Lipinski definition) is 1. The summed E-state index contributed by atoms with van der Waals surface area (Å²) in [7, 11) is 0. The van der Waals surface area contributed by atoms with E-state index in [-0.39, 0.29) is 5.82 Å². The van der Waals surface area contributed by atoms with Crippen LogP contribution in [0.1, 0.15) is 23.1 Å². The molecule has 139 valence electrons. The minimum absolute atomic E-state index is 0.185. The third-order valence-electron chi connectivity index (χ3n) is 5.12. The normalized spacial score (nSPS) is 16.7. The van der Waals surface area contributed by atoms with Crippen LogP contribution in [0.15, 0.2) is 42.5 Å². The van der Waals surface area contributed by atoms with E-state index >= 15 is 0 Å². The SMILES string of the molecule is Cc1cccc(C)c1N1[CH]CN(CC(O)CCc2ccccc2F)CC1. The highest BCUT2D eigenvalue weighted by Crippen LogP contribution is 2.27. The molecule has 1 saturated heterocycles. The lowest BCUT2D eigenvalue weighted by molar-refractivity contribution is 0.106. The van der Waals surface area contributed by atoms with Crippen molar-refractivity contribution < 1.29 is 9.50 Å². The lowest BCUT2D eigenvalue weighted by atomic mass is 10.1. The third kappa shape index (κ3) is 4.63. The predicted octanol–water partition coefficient (Wildman–Crippen LogP) is 3.72. The highest BCUT2D eigenvalue weighted by atomic mass is 19.1. The second-order valence-corrected chi connectivity index (χ2v) is 7.16. The molecule has 2 aromatic rings. The van der Waals surface area contributed by atoms with Crippen LogP contribution >= 0.6 is 0 Å². The van der Waals surface area contributed by atoms with Crippen LogP contribution in [-0.4, -0.2) is 42.3 Å². The molecule has 1 heterocycles. The molecule has 0 aliphatic carbocycles. The zero-order valence-electron chi connectivity index (χ0n) is 15.7. The summed E-state index contributed by atoms with van der Waals surface area (Å²) in [6.45, 7) is 9.80. The first-order chi connectivity index (χ1) is 12.5. The highest BCUT2D eigenvalue weighted by molar-refractivity contribution is 5.60. The first kappa shape index (κ1) is 18.9. The van der Waals surface area contributed by atoms with Gasteiger partial charge in [0.25, 0.3) is 0 Å². The lowest BCUT2D eigenvalue weighted by Crippen LogP contribution is -2.46. The smallest absolute Gasteiger partial charge is 0.126 e. The van der Waals surface area contributed by atoms with Gasteiger partial charge >= 0.3 is 0 Å². The highest BCUT2D eigenvalue weighted by Gasteiger charge is 2.21. The van der Waals surface area contributed by atoms with Gasteiger partial charge in [0.05, 0.1) is 12.6 Å². The van der Waals surface area contributed by atoms with Crippen molar-refractivity contribution in [2.24, 2.45) is 0 Å². The molecule has 1 aliphatic rings. The van der Waals surface area contributed by atoms with Crippen LogP contribution in [-0.2, 0) is 6.42 Å². The van der Waals surface area contributed by atoms with E-state index in [4.69, 9.17) is 0 Å². The van der Waals surface area contributed by atoms with Crippen LogP contribution in [0.5, 0.6) is 0 Å². The number of piperazine rings is 1. The number of nitrogens with zero attached hydrogens (tertiary/aromatic N) is 2.